The van der Waals surface area contributed by atoms with Gasteiger partial charge in [0, 0.05) is 18.7 Å². The molecule has 1 saturated carbocycles. The Kier molecular flexibility index (Phi) is 6.77. The fourth-order valence-corrected chi connectivity index (χ4v) is 3.87. The molecular weight excluding hydrogens is 450 g/mol. The Balaban J connectivity index is 1.48. The number of anilines is 2. The Hall–Kier alpha value is -2.99. The maximum atomic E-state index is 8.25. The van der Waals surface area contributed by atoms with Crippen LogP contribution in [-0.2, 0) is 0 Å². The second-order valence-electron chi connectivity index (χ2n) is 7.85. The Morgan fingerprint density at radius 1 is 1.10 bits per heavy atom. The number of nitrogens with zero attached hydrogens (tertiary/aromatic N) is 2. The summed E-state index contributed by atoms with van der Waals surface area (Å²) < 4.78 is 0.725. The minimum absolute atomic E-state index is 0.175. The van der Waals surface area contributed by atoms with Gasteiger partial charge in [0.2, 0.25) is 5.95 Å². The molecular formula is C25H26BrN5. The van der Waals surface area contributed by atoms with Crippen LogP contribution >= 0.6 is 15.9 Å². The highest BCUT2D eigenvalue weighted by Crippen LogP contribution is 2.36. The first-order valence-corrected chi connectivity index (χ1v) is 11.3. The van der Waals surface area contributed by atoms with E-state index in [1.807, 2.05) is 18.2 Å². The van der Waals surface area contributed by atoms with Crippen LogP contribution in [0.2, 0.25) is 0 Å². The molecule has 0 amide bonds. The number of halogens is 1. The van der Waals surface area contributed by atoms with Gasteiger partial charge >= 0.3 is 0 Å². The van der Waals surface area contributed by atoms with Crippen LogP contribution in [0.25, 0.3) is 0 Å². The molecule has 0 spiro atoms. The van der Waals surface area contributed by atoms with Crippen LogP contribution in [0.5, 0.6) is 0 Å². The second kappa shape index (κ2) is 9.88. The van der Waals surface area contributed by atoms with Crippen molar-refractivity contribution < 1.29 is 0 Å². The van der Waals surface area contributed by atoms with Crippen molar-refractivity contribution in [3.8, 4) is 0 Å². The van der Waals surface area contributed by atoms with Gasteiger partial charge < -0.3 is 10.6 Å². The third-order valence-corrected chi connectivity index (χ3v) is 6.04. The topological polar surface area (TPSA) is 73.7 Å². The van der Waals surface area contributed by atoms with Gasteiger partial charge in [-0.25, -0.2) is 4.98 Å². The van der Waals surface area contributed by atoms with E-state index in [0.717, 1.165) is 4.47 Å². The molecule has 0 atom stereocenters. The van der Waals surface area contributed by atoms with E-state index in [0.29, 0.717) is 30.1 Å². The summed E-state index contributed by atoms with van der Waals surface area (Å²) in [4.78, 5) is 9.00. The summed E-state index contributed by atoms with van der Waals surface area (Å²) in [5.41, 5.74) is 3.72. The Labute approximate surface area is 191 Å². The average molecular weight is 476 g/mol. The third kappa shape index (κ3) is 5.79. The van der Waals surface area contributed by atoms with Gasteiger partial charge in [0.1, 0.15) is 5.84 Å². The van der Waals surface area contributed by atoms with Crippen molar-refractivity contribution >= 4 is 33.5 Å². The molecule has 0 radical (unpaired) electrons. The second-order valence-corrected chi connectivity index (χ2v) is 8.70. The van der Waals surface area contributed by atoms with Crippen LogP contribution in [0, 0.1) is 11.3 Å². The molecule has 1 aromatic heterocycles. The van der Waals surface area contributed by atoms with Crippen molar-refractivity contribution in [2.45, 2.75) is 25.7 Å². The summed E-state index contributed by atoms with van der Waals surface area (Å²) >= 11 is 3.49. The SMILES string of the molecule is C/C(=C\C(=N)Nc1nc(NCC(c2ccccc2)c2ccccc2)ncc1Br)C1CC1. The number of allylic oxidation sites excluding steroid dienone is 1. The lowest BCUT2D eigenvalue weighted by molar-refractivity contribution is 0.842. The van der Waals surface area contributed by atoms with Gasteiger partial charge in [-0.15, -0.1) is 0 Å². The third-order valence-electron chi connectivity index (χ3n) is 5.46. The molecule has 2 aromatic carbocycles. The lowest BCUT2D eigenvalue weighted by atomic mass is 9.91. The monoisotopic (exact) mass is 475 g/mol. The number of rotatable bonds is 8. The van der Waals surface area contributed by atoms with Gasteiger partial charge in [-0.1, -0.05) is 66.2 Å². The highest BCUT2D eigenvalue weighted by molar-refractivity contribution is 9.10. The maximum Gasteiger partial charge on any atom is 0.224 e. The Bertz CT molecular complexity index is 1020. The van der Waals surface area contributed by atoms with E-state index in [1.165, 1.54) is 29.5 Å². The predicted octanol–water partition coefficient (Wildman–Crippen LogP) is 6.23. The normalized spacial score (nSPS) is 13.8. The van der Waals surface area contributed by atoms with Gasteiger partial charge in [0.15, 0.2) is 5.82 Å². The highest BCUT2D eigenvalue weighted by Gasteiger charge is 2.23. The molecule has 1 heterocycles. The number of benzene rings is 2. The van der Waals surface area contributed by atoms with E-state index in [-0.39, 0.29) is 5.92 Å². The standard InChI is InChI=1S/C25H26BrN5/c1-17(18-12-13-18)14-23(27)30-24-22(26)16-29-25(31-24)28-15-21(19-8-4-2-5-9-19)20-10-6-3-7-11-20/h2-11,14,16,18,21H,12-13,15H2,1H3,(H3,27,28,29,30,31)/b17-14+. The number of hydrogen-bond acceptors (Lipinski definition) is 4. The van der Waals surface area contributed by atoms with Gasteiger partial charge in [0.05, 0.1) is 4.47 Å². The summed E-state index contributed by atoms with van der Waals surface area (Å²) in [6.45, 7) is 2.75. The number of amidine groups is 1. The van der Waals surface area contributed by atoms with Crippen molar-refractivity contribution in [2.75, 3.05) is 17.2 Å². The van der Waals surface area contributed by atoms with Crippen LogP contribution in [-0.4, -0.2) is 22.3 Å². The van der Waals surface area contributed by atoms with E-state index >= 15 is 0 Å². The first-order chi connectivity index (χ1) is 15.1. The predicted molar refractivity (Wildman–Crippen MR) is 131 cm³/mol. The van der Waals surface area contributed by atoms with E-state index in [9.17, 15) is 0 Å². The molecule has 6 heteroatoms. The average Bonchev–Trinajstić information content (AvgIpc) is 3.63. The van der Waals surface area contributed by atoms with Gasteiger partial charge in [0.25, 0.3) is 0 Å². The van der Waals surface area contributed by atoms with Crippen LogP contribution < -0.4 is 10.6 Å². The molecule has 0 unspecified atom stereocenters. The van der Waals surface area contributed by atoms with Gasteiger partial charge in [-0.05, 0) is 58.8 Å². The fourth-order valence-electron chi connectivity index (χ4n) is 3.58. The summed E-state index contributed by atoms with van der Waals surface area (Å²) in [5, 5.41) is 14.7. The highest BCUT2D eigenvalue weighted by atomic mass is 79.9. The van der Waals surface area contributed by atoms with Crippen molar-refractivity contribution in [3.05, 3.63) is 94.1 Å². The molecule has 1 aliphatic rings. The van der Waals surface area contributed by atoms with Crippen LogP contribution in [0.15, 0.2) is 83.0 Å². The first-order valence-electron chi connectivity index (χ1n) is 10.5. The lowest BCUT2D eigenvalue weighted by Gasteiger charge is -2.19. The molecule has 1 fully saturated rings. The number of nitrogens with one attached hydrogen (secondary N) is 3. The summed E-state index contributed by atoms with van der Waals surface area (Å²) in [7, 11) is 0. The van der Waals surface area contributed by atoms with Gasteiger partial charge in [-0.3, -0.25) is 5.41 Å². The van der Waals surface area contributed by atoms with Crippen LogP contribution in [0.3, 0.4) is 0 Å². The van der Waals surface area contributed by atoms with E-state index in [1.54, 1.807) is 6.20 Å². The first kappa shape index (κ1) is 21.2. The minimum Gasteiger partial charge on any atom is -0.353 e. The number of aromatic nitrogens is 2. The van der Waals surface area contributed by atoms with E-state index in [2.05, 4.69) is 92.0 Å². The molecule has 0 saturated heterocycles. The smallest absolute Gasteiger partial charge is 0.224 e. The molecule has 0 bridgehead atoms. The van der Waals surface area contributed by atoms with Crippen LogP contribution in [0.4, 0.5) is 11.8 Å². The maximum absolute atomic E-state index is 8.25. The molecule has 158 valence electrons. The minimum atomic E-state index is 0.175. The molecule has 31 heavy (non-hydrogen) atoms. The zero-order valence-electron chi connectivity index (χ0n) is 17.5. The van der Waals surface area contributed by atoms with Crippen molar-refractivity contribution in [2.24, 2.45) is 5.92 Å². The summed E-state index contributed by atoms with van der Waals surface area (Å²) in [5.74, 6) is 2.26. The van der Waals surface area contributed by atoms with Crippen LogP contribution in [0.1, 0.15) is 36.8 Å². The molecule has 5 nitrogen and oxygen atoms in total. The van der Waals surface area contributed by atoms with E-state index in [4.69, 9.17) is 5.41 Å². The zero-order chi connectivity index (χ0) is 21.6. The molecule has 3 aromatic rings. The zero-order valence-corrected chi connectivity index (χ0v) is 19.1. The summed E-state index contributed by atoms with van der Waals surface area (Å²) in [6.07, 6.45) is 6.05. The molecule has 4 rings (SSSR count). The largest absolute Gasteiger partial charge is 0.353 e. The molecule has 0 aliphatic heterocycles. The van der Waals surface area contributed by atoms with E-state index < -0.39 is 0 Å². The van der Waals surface area contributed by atoms with Crippen molar-refractivity contribution in [3.63, 3.8) is 0 Å². The quantitative estimate of drug-likeness (QED) is 0.266. The lowest BCUT2D eigenvalue weighted by Crippen LogP contribution is -2.17. The summed E-state index contributed by atoms with van der Waals surface area (Å²) in [6, 6.07) is 20.9. The van der Waals surface area contributed by atoms with Gasteiger partial charge in [-0.2, -0.15) is 4.98 Å². The van der Waals surface area contributed by atoms with Crippen molar-refractivity contribution in [1.29, 1.82) is 5.41 Å². The fraction of sp³-hybridized carbons (Fsp3) is 0.240. The molecule has 3 N–H and O–H groups in total. The Morgan fingerprint density at radius 2 is 1.71 bits per heavy atom. The van der Waals surface area contributed by atoms with Crippen molar-refractivity contribution in [1.82, 2.24) is 9.97 Å². The Morgan fingerprint density at radius 3 is 2.29 bits per heavy atom. The number of hydrogen-bond donors (Lipinski definition) is 3. The molecule has 1 aliphatic carbocycles.